The largest absolute Gasteiger partial charge is 0.350 e. The molecule has 1 aliphatic heterocycles. The Morgan fingerprint density at radius 2 is 1.97 bits per heavy atom. The van der Waals surface area contributed by atoms with E-state index in [2.05, 4.69) is 27.3 Å². The number of likely N-dealkylation sites (tertiary alicyclic amines) is 1. The summed E-state index contributed by atoms with van der Waals surface area (Å²) in [6.45, 7) is 3.83. The number of amides is 1. The van der Waals surface area contributed by atoms with Crippen molar-refractivity contribution >= 4 is 23.0 Å². The van der Waals surface area contributed by atoms with Crippen molar-refractivity contribution in [3.63, 3.8) is 0 Å². The predicted octanol–water partition coefficient (Wildman–Crippen LogP) is 3.49. The molecule has 1 saturated heterocycles. The lowest BCUT2D eigenvalue weighted by atomic mass is 10.1. The van der Waals surface area contributed by atoms with E-state index in [-0.39, 0.29) is 5.91 Å². The summed E-state index contributed by atoms with van der Waals surface area (Å²) >= 11 is 0. The van der Waals surface area contributed by atoms with Gasteiger partial charge >= 0.3 is 0 Å². The fourth-order valence-electron chi connectivity index (χ4n) is 4.51. The van der Waals surface area contributed by atoms with E-state index >= 15 is 0 Å². The van der Waals surface area contributed by atoms with Crippen LogP contribution in [0.5, 0.6) is 0 Å². The van der Waals surface area contributed by atoms with Gasteiger partial charge in [0.1, 0.15) is 11.3 Å². The minimum atomic E-state index is 0.0488. The molecule has 158 valence electrons. The Bertz CT molecular complexity index is 1280. The SMILES string of the molecule is C[C@@H](Nc1ncc2c(-c3ccc4ncc(C(=O)N5CCCC5)n4c3)ccn2n1)C1CC1. The molecule has 1 N–H and O–H groups in total. The van der Waals surface area contributed by atoms with Crippen molar-refractivity contribution < 1.29 is 4.79 Å². The zero-order chi connectivity index (χ0) is 20.9. The van der Waals surface area contributed by atoms with Gasteiger partial charge in [0.2, 0.25) is 5.95 Å². The first-order valence-electron chi connectivity index (χ1n) is 11.0. The van der Waals surface area contributed by atoms with Gasteiger partial charge in [-0.3, -0.25) is 9.20 Å². The summed E-state index contributed by atoms with van der Waals surface area (Å²) in [6.07, 6.45) is 12.2. The van der Waals surface area contributed by atoms with Crippen molar-refractivity contribution in [1.82, 2.24) is 28.9 Å². The fourth-order valence-corrected chi connectivity index (χ4v) is 4.51. The molecule has 1 atom stereocenters. The Morgan fingerprint density at radius 1 is 1.13 bits per heavy atom. The summed E-state index contributed by atoms with van der Waals surface area (Å²) < 4.78 is 3.76. The Labute approximate surface area is 179 Å². The van der Waals surface area contributed by atoms with Crippen molar-refractivity contribution in [2.24, 2.45) is 5.92 Å². The molecule has 1 aliphatic carbocycles. The quantitative estimate of drug-likeness (QED) is 0.540. The van der Waals surface area contributed by atoms with Crippen LogP contribution in [-0.2, 0) is 0 Å². The Kier molecular flexibility index (Phi) is 4.19. The van der Waals surface area contributed by atoms with E-state index in [4.69, 9.17) is 0 Å². The second kappa shape index (κ2) is 7.08. The van der Waals surface area contributed by atoms with Crippen LogP contribution in [0.1, 0.15) is 43.1 Å². The van der Waals surface area contributed by atoms with Gasteiger partial charge in [-0.2, -0.15) is 0 Å². The second-order valence-electron chi connectivity index (χ2n) is 8.70. The van der Waals surface area contributed by atoms with Gasteiger partial charge in [-0.25, -0.2) is 14.5 Å². The van der Waals surface area contributed by atoms with Gasteiger partial charge in [-0.15, -0.1) is 5.10 Å². The Morgan fingerprint density at radius 3 is 2.77 bits per heavy atom. The minimum Gasteiger partial charge on any atom is -0.350 e. The van der Waals surface area contributed by atoms with Crippen LogP contribution in [0.15, 0.2) is 43.0 Å². The van der Waals surface area contributed by atoms with Crippen molar-refractivity contribution in [2.75, 3.05) is 18.4 Å². The molecule has 0 unspecified atom stereocenters. The first-order chi connectivity index (χ1) is 15.2. The molecule has 5 heterocycles. The maximum atomic E-state index is 12.9. The van der Waals surface area contributed by atoms with Gasteiger partial charge < -0.3 is 10.2 Å². The number of imidazole rings is 1. The highest BCUT2D eigenvalue weighted by atomic mass is 16.2. The highest BCUT2D eigenvalue weighted by molar-refractivity contribution is 5.93. The number of nitrogens with zero attached hydrogens (tertiary/aromatic N) is 6. The van der Waals surface area contributed by atoms with Gasteiger partial charge in [0, 0.05) is 42.7 Å². The third kappa shape index (κ3) is 3.22. The number of nitrogens with one attached hydrogen (secondary N) is 1. The lowest BCUT2D eigenvalue weighted by Gasteiger charge is -2.14. The number of hydrogen-bond donors (Lipinski definition) is 1. The highest BCUT2D eigenvalue weighted by Gasteiger charge is 2.28. The number of hydrogen-bond acceptors (Lipinski definition) is 5. The van der Waals surface area contributed by atoms with Crippen LogP contribution >= 0.6 is 0 Å². The molecule has 1 saturated carbocycles. The molecule has 0 bridgehead atoms. The summed E-state index contributed by atoms with van der Waals surface area (Å²) in [6, 6.07) is 6.41. The molecule has 2 aliphatic rings. The minimum absolute atomic E-state index is 0.0488. The van der Waals surface area contributed by atoms with E-state index in [0.717, 1.165) is 54.1 Å². The molecule has 4 aromatic heterocycles. The van der Waals surface area contributed by atoms with Crippen LogP contribution in [0.2, 0.25) is 0 Å². The van der Waals surface area contributed by atoms with E-state index in [1.54, 1.807) is 6.20 Å². The second-order valence-corrected chi connectivity index (χ2v) is 8.70. The Hall–Kier alpha value is -3.42. The maximum absolute atomic E-state index is 12.9. The molecule has 0 spiro atoms. The summed E-state index contributed by atoms with van der Waals surface area (Å²) in [5.41, 5.74) is 4.33. The number of aromatic nitrogens is 5. The third-order valence-electron chi connectivity index (χ3n) is 6.53. The van der Waals surface area contributed by atoms with E-state index < -0.39 is 0 Å². The number of carbonyl (C=O) groups is 1. The number of rotatable bonds is 5. The molecule has 0 radical (unpaired) electrons. The molecule has 1 amide bonds. The van der Waals surface area contributed by atoms with Gasteiger partial charge in [0.15, 0.2) is 0 Å². The lowest BCUT2D eigenvalue weighted by Crippen LogP contribution is -2.28. The molecule has 8 nitrogen and oxygen atoms in total. The van der Waals surface area contributed by atoms with E-state index in [9.17, 15) is 4.79 Å². The van der Waals surface area contributed by atoms with Gasteiger partial charge in [-0.05, 0) is 56.7 Å². The van der Waals surface area contributed by atoms with Crippen LogP contribution in [-0.4, -0.2) is 53.9 Å². The van der Waals surface area contributed by atoms with E-state index in [0.29, 0.717) is 17.7 Å². The number of carbonyl (C=O) groups excluding carboxylic acids is 1. The summed E-state index contributed by atoms with van der Waals surface area (Å²) in [5.74, 6) is 1.43. The van der Waals surface area contributed by atoms with Crippen LogP contribution in [0.25, 0.3) is 22.3 Å². The van der Waals surface area contributed by atoms with Crippen molar-refractivity contribution in [3.8, 4) is 11.1 Å². The third-order valence-corrected chi connectivity index (χ3v) is 6.53. The van der Waals surface area contributed by atoms with Crippen LogP contribution < -0.4 is 5.32 Å². The molecule has 4 aromatic rings. The summed E-state index contributed by atoms with van der Waals surface area (Å²) in [4.78, 5) is 23.8. The molecule has 0 aromatic carbocycles. The van der Waals surface area contributed by atoms with E-state index in [1.807, 2.05) is 50.6 Å². The molecule has 2 fully saturated rings. The van der Waals surface area contributed by atoms with E-state index in [1.165, 1.54) is 12.8 Å². The van der Waals surface area contributed by atoms with Crippen LogP contribution in [0, 0.1) is 5.92 Å². The maximum Gasteiger partial charge on any atom is 0.272 e. The van der Waals surface area contributed by atoms with Crippen LogP contribution in [0.4, 0.5) is 5.95 Å². The summed E-state index contributed by atoms with van der Waals surface area (Å²) in [5, 5.41) is 8.05. The Balaban J connectivity index is 1.34. The zero-order valence-electron chi connectivity index (χ0n) is 17.5. The first-order valence-corrected chi connectivity index (χ1v) is 11.0. The molecule has 6 rings (SSSR count). The molecule has 31 heavy (non-hydrogen) atoms. The lowest BCUT2D eigenvalue weighted by molar-refractivity contribution is 0.0786. The number of anilines is 1. The monoisotopic (exact) mass is 415 g/mol. The van der Waals surface area contributed by atoms with Gasteiger partial charge in [-0.1, -0.05) is 0 Å². The van der Waals surface area contributed by atoms with Crippen molar-refractivity contribution in [1.29, 1.82) is 0 Å². The fraction of sp³-hybridized carbons (Fsp3) is 0.391. The number of fused-ring (bicyclic) bond motifs is 2. The topological polar surface area (TPSA) is 79.8 Å². The predicted molar refractivity (Wildman–Crippen MR) is 118 cm³/mol. The molecule has 8 heteroatoms. The molecular formula is C23H25N7O. The summed E-state index contributed by atoms with van der Waals surface area (Å²) in [7, 11) is 0. The normalized spacial score (nSPS) is 17.5. The molecular weight excluding hydrogens is 390 g/mol. The number of pyridine rings is 1. The average molecular weight is 416 g/mol. The van der Waals surface area contributed by atoms with Crippen LogP contribution in [0.3, 0.4) is 0 Å². The van der Waals surface area contributed by atoms with Gasteiger partial charge in [0.05, 0.1) is 17.9 Å². The van der Waals surface area contributed by atoms with Gasteiger partial charge in [0.25, 0.3) is 5.91 Å². The van der Waals surface area contributed by atoms with Crippen molar-refractivity contribution in [3.05, 3.63) is 48.7 Å². The standard InChI is InChI=1S/C23H25N7O/c1-15(16-4-5-16)26-23-25-12-19-18(8-11-30(19)27-23)17-6-7-21-24-13-20(29(21)14-17)22(31)28-9-2-3-10-28/h6-8,11-16H,2-5,9-10H2,1H3,(H,26,27)/t15-/m1/s1. The highest BCUT2D eigenvalue weighted by Crippen LogP contribution is 2.33. The van der Waals surface area contributed by atoms with Crippen molar-refractivity contribution in [2.45, 2.75) is 38.6 Å². The smallest absolute Gasteiger partial charge is 0.272 e. The zero-order valence-corrected chi connectivity index (χ0v) is 17.5. The average Bonchev–Trinajstić information content (AvgIpc) is 3.17. The first kappa shape index (κ1) is 18.4.